The lowest BCUT2D eigenvalue weighted by Gasteiger charge is -2.18. The van der Waals surface area contributed by atoms with E-state index in [0.717, 1.165) is 16.6 Å². The molecule has 14 heavy (non-hydrogen) atoms. The van der Waals surface area contributed by atoms with E-state index in [2.05, 4.69) is 22.6 Å². The van der Waals surface area contributed by atoms with Crippen molar-refractivity contribution in [2.75, 3.05) is 0 Å². The minimum atomic E-state index is -0.234. The molecular formula is C11H12N2S. The molecule has 0 spiro atoms. The van der Waals surface area contributed by atoms with Gasteiger partial charge in [0.1, 0.15) is 6.33 Å². The molecule has 0 atom stereocenters. The molecule has 2 nitrogen and oxygen atoms in total. The van der Waals surface area contributed by atoms with Crippen LogP contribution in [0.1, 0.15) is 19.5 Å². The van der Waals surface area contributed by atoms with E-state index in [0.29, 0.717) is 0 Å². The summed E-state index contributed by atoms with van der Waals surface area (Å²) in [5.41, 5.74) is 1.95. The van der Waals surface area contributed by atoms with Crippen LogP contribution in [0.25, 0.3) is 10.9 Å². The first-order valence-electron chi connectivity index (χ1n) is 4.51. The summed E-state index contributed by atoms with van der Waals surface area (Å²) in [7, 11) is 0. The highest BCUT2D eigenvalue weighted by Gasteiger charge is 2.19. The van der Waals surface area contributed by atoms with Crippen LogP contribution in [0.5, 0.6) is 0 Å². The monoisotopic (exact) mass is 204 g/mol. The number of fused-ring (bicyclic) bond motifs is 1. The van der Waals surface area contributed by atoms with Crippen LogP contribution in [-0.2, 0) is 4.75 Å². The van der Waals surface area contributed by atoms with Gasteiger partial charge in [-0.3, -0.25) is 0 Å². The molecule has 0 aliphatic carbocycles. The number of thiol groups is 1. The van der Waals surface area contributed by atoms with Crippen molar-refractivity contribution in [2.45, 2.75) is 18.6 Å². The second-order valence-electron chi connectivity index (χ2n) is 3.80. The lowest BCUT2D eigenvalue weighted by Crippen LogP contribution is -2.11. The Kier molecular flexibility index (Phi) is 2.19. The third-order valence-electron chi connectivity index (χ3n) is 2.12. The fourth-order valence-electron chi connectivity index (χ4n) is 1.49. The zero-order chi connectivity index (χ0) is 10.2. The van der Waals surface area contributed by atoms with Crippen LogP contribution < -0.4 is 0 Å². The van der Waals surface area contributed by atoms with Gasteiger partial charge >= 0.3 is 0 Å². The minimum Gasteiger partial charge on any atom is -0.239 e. The highest BCUT2D eigenvalue weighted by molar-refractivity contribution is 7.81. The van der Waals surface area contributed by atoms with Crippen molar-refractivity contribution in [1.29, 1.82) is 0 Å². The molecule has 0 N–H and O–H groups in total. The Morgan fingerprint density at radius 2 is 1.86 bits per heavy atom. The molecule has 0 saturated heterocycles. The lowest BCUT2D eigenvalue weighted by molar-refractivity contribution is 0.761. The van der Waals surface area contributed by atoms with Crippen molar-refractivity contribution in [3.05, 3.63) is 36.3 Å². The number of rotatable bonds is 1. The van der Waals surface area contributed by atoms with Crippen LogP contribution in [0.2, 0.25) is 0 Å². The van der Waals surface area contributed by atoms with E-state index < -0.39 is 0 Å². The molecule has 0 fully saturated rings. The molecule has 0 saturated carbocycles. The molecule has 2 rings (SSSR count). The Balaban J connectivity index is 2.78. The summed E-state index contributed by atoms with van der Waals surface area (Å²) >= 11 is 4.53. The smallest absolute Gasteiger partial charge is 0.116 e. The predicted molar refractivity (Wildman–Crippen MR) is 61.6 cm³/mol. The maximum atomic E-state index is 4.53. The summed E-state index contributed by atoms with van der Waals surface area (Å²) in [5.74, 6) is 0. The topological polar surface area (TPSA) is 25.8 Å². The van der Waals surface area contributed by atoms with Gasteiger partial charge in [0, 0.05) is 5.39 Å². The van der Waals surface area contributed by atoms with Crippen LogP contribution in [0, 0.1) is 0 Å². The molecule has 2 aromatic rings. The van der Waals surface area contributed by atoms with Crippen LogP contribution in [0.4, 0.5) is 0 Å². The SMILES string of the molecule is CC(C)(S)c1ncnc2ccccc12. The second kappa shape index (κ2) is 3.24. The Labute approximate surface area is 88.8 Å². The van der Waals surface area contributed by atoms with Gasteiger partial charge in [-0.1, -0.05) is 18.2 Å². The first kappa shape index (κ1) is 9.46. The van der Waals surface area contributed by atoms with Gasteiger partial charge in [-0.05, 0) is 19.9 Å². The molecule has 1 aromatic carbocycles. The molecule has 72 valence electrons. The number of benzene rings is 1. The van der Waals surface area contributed by atoms with E-state index >= 15 is 0 Å². The van der Waals surface area contributed by atoms with Crippen molar-refractivity contribution < 1.29 is 0 Å². The van der Waals surface area contributed by atoms with E-state index in [9.17, 15) is 0 Å². The Bertz CT molecular complexity index is 455. The maximum Gasteiger partial charge on any atom is 0.116 e. The maximum absolute atomic E-state index is 4.53. The van der Waals surface area contributed by atoms with Crippen LogP contribution in [0.3, 0.4) is 0 Å². The van der Waals surface area contributed by atoms with Crippen molar-refractivity contribution >= 4 is 23.5 Å². The number of hydrogen-bond acceptors (Lipinski definition) is 3. The second-order valence-corrected chi connectivity index (χ2v) is 4.92. The third-order valence-corrected chi connectivity index (χ3v) is 2.33. The van der Waals surface area contributed by atoms with Gasteiger partial charge < -0.3 is 0 Å². The molecule has 3 heteroatoms. The zero-order valence-electron chi connectivity index (χ0n) is 8.23. The number of nitrogens with zero attached hydrogens (tertiary/aromatic N) is 2. The van der Waals surface area contributed by atoms with E-state index in [1.165, 1.54) is 0 Å². The van der Waals surface area contributed by atoms with Crippen molar-refractivity contribution in [3.63, 3.8) is 0 Å². The number of para-hydroxylation sites is 1. The van der Waals surface area contributed by atoms with E-state index in [1.807, 2.05) is 38.1 Å². The Morgan fingerprint density at radius 1 is 1.14 bits per heavy atom. The van der Waals surface area contributed by atoms with Gasteiger partial charge in [-0.15, -0.1) is 0 Å². The summed E-state index contributed by atoms with van der Waals surface area (Å²) in [6, 6.07) is 7.99. The summed E-state index contributed by atoms with van der Waals surface area (Å²) in [5, 5.41) is 1.08. The molecule has 0 unspecified atom stereocenters. The van der Waals surface area contributed by atoms with Gasteiger partial charge in [-0.25, -0.2) is 9.97 Å². The first-order valence-corrected chi connectivity index (χ1v) is 4.96. The van der Waals surface area contributed by atoms with Gasteiger partial charge in [-0.2, -0.15) is 12.6 Å². The van der Waals surface area contributed by atoms with Crippen molar-refractivity contribution in [3.8, 4) is 0 Å². The van der Waals surface area contributed by atoms with Gasteiger partial charge in [0.2, 0.25) is 0 Å². The van der Waals surface area contributed by atoms with Crippen LogP contribution >= 0.6 is 12.6 Å². The highest BCUT2D eigenvalue weighted by Crippen LogP contribution is 2.29. The molecule has 0 aliphatic heterocycles. The fourth-order valence-corrected chi connectivity index (χ4v) is 1.67. The van der Waals surface area contributed by atoms with E-state index in [-0.39, 0.29) is 4.75 Å². The van der Waals surface area contributed by atoms with E-state index in [4.69, 9.17) is 0 Å². The summed E-state index contributed by atoms with van der Waals surface area (Å²) in [6.45, 7) is 4.07. The van der Waals surface area contributed by atoms with Gasteiger partial charge in [0.15, 0.2) is 0 Å². The van der Waals surface area contributed by atoms with Crippen LogP contribution in [-0.4, -0.2) is 9.97 Å². The molecular weight excluding hydrogens is 192 g/mol. The molecule has 1 aromatic heterocycles. The Hall–Kier alpha value is -1.09. The minimum absolute atomic E-state index is 0.234. The average Bonchev–Trinajstić information content (AvgIpc) is 2.15. The van der Waals surface area contributed by atoms with Gasteiger partial charge in [0.05, 0.1) is 16.0 Å². The molecule has 1 heterocycles. The number of aromatic nitrogens is 2. The molecule has 0 radical (unpaired) electrons. The lowest BCUT2D eigenvalue weighted by atomic mass is 10.0. The average molecular weight is 204 g/mol. The largest absolute Gasteiger partial charge is 0.239 e. The summed E-state index contributed by atoms with van der Waals surface area (Å²) in [6.07, 6.45) is 1.59. The van der Waals surface area contributed by atoms with Crippen molar-refractivity contribution in [2.24, 2.45) is 0 Å². The zero-order valence-corrected chi connectivity index (χ0v) is 9.12. The first-order chi connectivity index (χ1) is 6.59. The predicted octanol–water partition coefficient (Wildman–Crippen LogP) is 2.79. The normalized spacial score (nSPS) is 11.9. The highest BCUT2D eigenvalue weighted by atomic mass is 32.1. The van der Waals surface area contributed by atoms with E-state index in [1.54, 1.807) is 6.33 Å². The molecule has 0 amide bonds. The molecule has 0 aliphatic rings. The molecule has 0 bridgehead atoms. The summed E-state index contributed by atoms with van der Waals surface area (Å²) < 4.78 is -0.234. The summed E-state index contributed by atoms with van der Waals surface area (Å²) in [4.78, 5) is 8.50. The quantitative estimate of drug-likeness (QED) is 0.723. The fraction of sp³-hybridized carbons (Fsp3) is 0.273. The van der Waals surface area contributed by atoms with Crippen LogP contribution in [0.15, 0.2) is 30.6 Å². The standard InChI is InChI=1S/C11H12N2S/c1-11(2,14)10-8-5-3-4-6-9(8)12-7-13-10/h3-7,14H,1-2H3. The van der Waals surface area contributed by atoms with Gasteiger partial charge in [0.25, 0.3) is 0 Å². The van der Waals surface area contributed by atoms with Crippen molar-refractivity contribution in [1.82, 2.24) is 9.97 Å². The third kappa shape index (κ3) is 1.60. The number of hydrogen-bond donors (Lipinski definition) is 1. The Morgan fingerprint density at radius 3 is 2.57 bits per heavy atom.